The molecule has 1 heterocycles. The highest BCUT2D eigenvalue weighted by Crippen LogP contribution is 2.29. The van der Waals surface area contributed by atoms with Gasteiger partial charge in [0.25, 0.3) is 0 Å². The first-order valence-electron chi connectivity index (χ1n) is 8.61. The molecule has 4 nitrogen and oxygen atoms in total. The average Bonchev–Trinajstić information content (AvgIpc) is 2.93. The zero-order chi connectivity index (χ0) is 18.1. The van der Waals surface area contributed by atoms with Crippen LogP contribution in [0.2, 0.25) is 0 Å². The minimum Gasteiger partial charge on any atom is -0.326 e. The number of benzene rings is 2. The number of carbonyl (C=O) groups excluding carboxylic acids is 2. The first-order chi connectivity index (χ1) is 11.8. The molecule has 0 spiro atoms. The predicted octanol–water partition coefficient (Wildman–Crippen LogP) is 3.91. The molecule has 0 aliphatic carbocycles. The van der Waals surface area contributed by atoms with Gasteiger partial charge < -0.3 is 10.2 Å². The van der Waals surface area contributed by atoms with Crippen LogP contribution in [0.25, 0.3) is 0 Å². The van der Waals surface area contributed by atoms with Crippen molar-refractivity contribution in [2.24, 2.45) is 5.92 Å². The Labute approximate surface area is 148 Å². The van der Waals surface area contributed by atoms with E-state index in [1.165, 1.54) is 0 Å². The third-order valence-corrected chi connectivity index (χ3v) is 4.79. The van der Waals surface area contributed by atoms with Crippen molar-refractivity contribution in [3.05, 3.63) is 58.7 Å². The van der Waals surface area contributed by atoms with E-state index in [1.54, 1.807) is 4.90 Å². The number of nitrogens with zero attached hydrogens (tertiary/aromatic N) is 1. The summed E-state index contributed by atoms with van der Waals surface area (Å²) in [6, 6.07) is 12.0. The van der Waals surface area contributed by atoms with E-state index in [9.17, 15) is 9.59 Å². The summed E-state index contributed by atoms with van der Waals surface area (Å²) in [6.07, 6.45) is 0.254. The Morgan fingerprint density at radius 2 is 1.68 bits per heavy atom. The number of nitrogens with one attached hydrogen (secondary N) is 1. The normalized spacial score (nSPS) is 17.0. The minimum absolute atomic E-state index is 0.00747. The van der Waals surface area contributed by atoms with Crippen LogP contribution in [0.15, 0.2) is 36.4 Å². The quantitative estimate of drug-likeness (QED) is 0.924. The number of amides is 2. The van der Waals surface area contributed by atoms with E-state index in [1.807, 2.05) is 58.0 Å². The molecule has 2 amide bonds. The molecule has 25 heavy (non-hydrogen) atoms. The first-order valence-corrected chi connectivity index (χ1v) is 8.61. The van der Waals surface area contributed by atoms with Crippen LogP contribution in [0.5, 0.6) is 0 Å². The molecule has 1 N–H and O–H groups in total. The summed E-state index contributed by atoms with van der Waals surface area (Å²) in [5.74, 6) is -0.407. The largest absolute Gasteiger partial charge is 0.326 e. The molecule has 130 valence electrons. The standard InChI is InChI=1S/C21H24N2O2/c1-13-6-8-19(16(4)9-13)23-12-17(11-20(23)24)21(25)22-18-10-14(2)5-7-15(18)3/h5-10,17H,11-12H2,1-4H3,(H,22,25)/t17-/m1/s1. The average molecular weight is 336 g/mol. The van der Waals surface area contributed by atoms with Gasteiger partial charge in [0.05, 0.1) is 5.92 Å². The van der Waals surface area contributed by atoms with Gasteiger partial charge >= 0.3 is 0 Å². The lowest BCUT2D eigenvalue weighted by atomic mass is 10.1. The number of carbonyl (C=O) groups is 2. The van der Waals surface area contributed by atoms with Gasteiger partial charge in [-0.05, 0) is 56.5 Å². The smallest absolute Gasteiger partial charge is 0.229 e. The van der Waals surface area contributed by atoms with E-state index in [0.717, 1.165) is 33.6 Å². The maximum atomic E-state index is 12.6. The molecular weight excluding hydrogens is 312 g/mol. The molecule has 1 aliphatic heterocycles. The Morgan fingerprint density at radius 1 is 1.00 bits per heavy atom. The van der Waals surface area contributed by atoms with E-state index >= 15 is 0 Å². The molecule has 3 rings (SSSR count). The Bertz CT molecular complexity index is 842. The van der Waals surface area contributed by atoms with Crippen LogP contribution in [0.3, 0.4) is 0 Å². The second-order valence-corrected chi connectivity index (χ2v) is 7.00. The fourth-order valence-electron chi connectivity index (χ4n) is 3.33. The molecular formula is C21H24N2O2. The van der Waals surface area contributed by atoms with E-state index in [-0.39, 0.29) is 24.2 Å². The number of rotatable bonds is 3. The van der Waals surface area contributed by atoms with Gasteiger partial charge in [0.1, 0.15) is 0 Å². The van der Waals surface area contributed by atoms with Gasteiger partial charge in [-0.15, -0.1) is 0 Å². The summed E-state index contributed by atoms with van der Waals surface area (Å²) in [6.45, 7) is 8.43. The monoisotopic (exact) mass is 336 g/mol. The summed E-state index contributed by atoms with van der Waals surface area (Å²) in [5.41, 5.74) is 6.07. The van der Waals surface area contributed by atoms with Crippen molar-refractivity contribution in [2.75, 3.05) is 16.8 Å². The van der Waals surface area contributed by atoms with Gasteiger partial charge in [-0.3, -0.25) is 9.59 Å². The number of aryl methyl sites for hydroxylation is 4. The lowest BCUT2D eigenvalue weighted by molar-refractivity contribution is -0.122. The van der Waals surface area contributed by atoms with Crippen LogP contribution >= 0.6 is 0 Å². The SMILES string of the molecule is Cc1ccc(N2C[C@H](C(=O)Nc3cc(C)ccc3C)CC2=O)c(C)c1. The van der Waals surface area contributed by atoms with Gasteiger partial charge in [-0.1, -0.05) is 29.8 Å². The summed E-state index contributed by atoms with van der Waals surface area (Å²) in [5, 5.41) is 2.99. The summed E-state index contributed by atoms with van der Waals surface area (Å²) < 4.78 is 0. The molecule has 1 aliphatic rings. The van der Waals surface area contributed by atoms with E-state index < -0.39 is 0 Å². The summed E-state index contributed by atoms with van der Waals surface area (Å²) in [7, 11) is 0. The molecule has 0 saturated carbocycles. The van der Waals surface area contributed by atoms with Gasteiger partial charge in [-0.2, -0.15) is 0 Å². The van der Waals surface area contributed by atoms with Crippen LogP contribution in [0.4, 0.5) is 11.4 Å². The zero-order valence-electron chi connectivity index (χ0n) is 15.2. The number of hydrogen-bond acceptors (Lipinski definition) is 2. The van der Waals surface area contributed by atoms with Crippen molar-refractivity contribution in [1.82, 2.24) is 0 Å². The highest BCUT2D eigenvalue weighted by atomic mass is 16.2. The third kappa shape index (κ3) is 3.58. The Kier molecular flexibility index (Phi) is 4.62. The lowest BCUT2D eigenvalue weighted by Gasteiger charge is -2.19. The maximum Gasteiger partial charge on any atom is 0.229 e. The number of hydrogen-bond donors (Lipinski definition) is 1. The Morgan fingerprint density at radius 3 is 2.40 bits per heavy atom. The second kappa shape index (κ2) is 6.71. The van der Waals surface area contributed by atoms with Crippen molar-refractivity contribution >= 4 is 23.2 Å². The second-order valence-electron chi connectivity index (χ2n) is 7.00. The zero-order valence-corrected chi connectivity index (χ0v) is 15.2. The van der Waals surface area contributed by atoms with E-state index in [4.69, 9.17) is 0 Å². The topological polar surface area (TPSA) is 49.4 Å². The summed E-state index contributed by atoms with van der Waals surface area (Å²) >= 11 is 0. The number of anilines is 2. The fraction of sp³-hybridized carbons (Fsp3) is 0.333. The molecule has 1 saturated heterocycles. The molecule has 0 aromatic heterocycles. The summed E-state index contributed by atoms with van der Waals surface area (Å²) in [4.78, 5) is 26.8. The van der Waals surface area contributed by atoms with Gasteiger partial charge in [0, 0.05) is 24.3 Å². The molecule has 2 aromatic rings. The van der Waals surface area contributed by atoms with Gasteiger partial charge in [-0.25, -0.2) is 0 Å². The van der Waals surface area contributed by atoms with E-state index in [2.05, 4.69) is 11.4 Å². The van der Waals surface area contributed by atoms with Gasteiger partial charge in [0.2, 0.25) is 11.8 Å². The minimum atomic E-state index is -0.326. The molecule has 0 bridgehead atoms. The highest BCUT2D eigenvalue weighted by Gasteiger charge is 2.35. The molecule has 0 unspecified atom stereocenters. The van der Waals surface area contributed by atoms with Crippen molar-refractivity contribution in [3.8, 4) is 0 Å². The molecule has 4 heteroatoms. The van der Waals surface area contributed by atoms with Crippen LogP contribution < -0.4 is 10.2 Å². The van der Waals surface area contributed by atoms with E-state index in [0.29, 0.717) is 6.54 Å². The Hall–Kier alpha value is -2.62. The molecule has 2 aromatic carbocycles. The maximum absolute atomic E-state index is 12.6. The molecule has 0 radical (unpaired) electrons. The van der Waals surface area contributed by atoms with Crippen LogP contribution in [0, 0.1) is 33.6 Å². The van der Waals surface area contributed by atoms with Crippen LogP contribution in [0.1, 0.15) is 28.7 Å². The van der Waals surface area contributed by atoms with Crippen molar-refractivity contribution in [1.29, 1.82) is 0 Å². The van der Waals surface area contributed by atoms with Crippen molar-refractivity contribution < 1.29 is 9.59 Å². The predicted molar refractivity (Wildman–Crippen MR) is 101 cm³/mol. The lowest BCUT2D eigenvalue weighted by Crippen LogP contribution is -2.28. The third-order valence-electron chi connectivity index (χ3n) is 4.79. The van der Waals surface area contributed by atoms with Crippen molar-refractivity contribution in [3.63, 3.8) is 0 Å². The Balaban J connectivity index is 1.75. The molecule has 1 fully saturated rings. The van der Waals surface area contributed by atoms with Crippen LogP contribution in [-0.4, -0.2) is 18.4 Å². The fourth-order valence-corrected chi connectivity index (χ4v) is 3.33. The molecule has 1 atom stereocenters. The van der Waals surface area contributed by atoms with Gasteiger partial charge in [0.15, 0.2) is 0 Å². The van der Waals surface area contributed by atoms with Crippen LogP contribution in [-0.2, 0) is 9.59 Å². The highest BCUT2D eigenvalue weighted by molar-refractivity contribution is 6.04. The first kappa shape index (κ1) is 17.2. The van der Waals surface area contributed by atoms with Crippen molar-refractivity contribution in [2.45, 2.75) is 34.1 Å².